The summed E-state index contributed by atoms with van der Waals surface area (Å²) in [5, 5.41) is 0. The van der Waals surface area contributed by atoms with Crippen LogP contribution in [0.4, 0.5) is 0 Å². The molecular weight excluding hydrogens is 568 g/mol. The molecule has 238 valence electrons. The molecule has 2 aromatic rings. The van der Waals surface area contributed by atoms with Crippen molar-refractivity contribution in [2.24, 2.45) is 0 Å². The maximum atomic E-state index is 13.3. The first-order chi connectivity index (χ1) is 21.1. The Labute approximate surface area is 258 Å². The van der Waals surface area contributed by atoms with E-state index < -0.39 is 47.7 Å². The third-order valence-electron chi connectivity index (χ3n) is 6.86. The maximum Gasteiger partial charge on any atom is 0.387 e. The summed E-state index contributed by atoms with van der Waals surface area (Å²) < 4.78 is 10.5. The van der Waals surface area contributed by atoms with Crippen molar-refractivity contribution in [2.75, 3.05) is 0 Å². The lowest BCUT2D eigenvalue weighted by molar-refractivity contribution is -0.187. The number of hydrogen-bond acceptors (Lipinski definition) is 10. The van der Waals surface area contributed by atoms with Crippen molar-refractivity contribution in [1.82, 2.24) is 0 Å². The van der Waals surface area contributed by atoms with E-state index in [2.05, 4.69) is 13.8 Å². The van der Waals surface area contributed by atoms with E-state index in [1.807, 2.05) is 0 Å². The van der Waals surface area contributed by atoms with Gasteiger partial charge in [0.1, 0.15) is 0 Å². The third-order valence-corrected chi connectivity index (χ3v) is 6.86. The van der Waals surface area contributed by atoms with Crippen LogP contribution in [0.5, 0.6) is 0 Å². The van der Waals surface area contributed by atoms with Gasteiger partial charge < -0.3 is 9.47 Å². The Kier molecular flexibility index (Phi) is 15.5. The molecule has 2 aromatic carbocycles. The van der Waals surface area contributed by atoms with Gasteiger partial charge in [0.05, 0.1) is 11.1 Å². The number of ether oxygens (including phenoxy) is 2. The van der Waals surface area contributed by atoms with Gasteiger partial charge in [0.25, 0.3) is 0 Å². The molecule has 0 spiro atoms. The van der Waals surface area contributed by atoms with Crippen LogP contribution >= 0.6 is 0 Å². The highest BCUT2D eigenvalue weighted by molar-refractivity contribution is 6.10. The summed E-state index contributed by atoms with van der Waals surface area (Å²) in [4.78, 5) is 85.6. The molecule has 2 unspecified atom stereocenters. The van der Waals surface area contributed by atoms with Gasteiger partial charge in [-0.05, 0) is 37.8 Å². The van der Waals surface area contributed by atoms with E-state index in [0.717, 1.165) is 38.5 Å². The fraction of sp³-hybridized carbons (Fsp3) is 0.471. The average Bonchev–Trinajstić information content (AvgIpc) is 3.01. The van der Waals surface area contributed by atoms with E-state index in [0.29, 0.717) is 12.8 Å². The molecule has 0 fully saturated rings. The van der Waals surface area contributed by atoms with Crippen LogP contribution in [-0.2, 0) is 28.8 Å². The van der Waals surface area contributed by atoms with Gasteiger partial charge in [-0.3, -0.25) is 19.2 Å². The predicted octanol–water partition coefficient (Wildman–Crippen LogP) is 6.79. The molecule has 0 aliphatic carbocycles. The average molecular weight is 611 g/mol. The molecule has 0 radical (unpaired) electrons. The second-order valence-corrected chi connectivity index (χ2v) is 10.5. The molecule has 44 heavy (non-hydrogen) atoms. The van der Waals surface area contributed by atoms with Crippen LogP contribution in [0.15, 0.2) is 48.5 Å². The summed E-state index contributed by atoms with van der Waals surface area (Å²) in [5.74, 6) is -4.68. The van der Waals surface area contributed by atoms with Crippen LogP contribution in [0.1, 0.15) is 133 Å². The van der Waals surface area contributed by atoms with E-state index in [1.54, 1.807) is 12.1 Å². The lowest BCUT2D eigenvalue weighted by Crippen LogP contribution is -2.29. The Hall–Kier alpha value is -4.34. The van der Waals surface area contributed by atoms with Crippen LogP contribution in [-0.4, -0.2) is 47.7 Å². The van der Waals surface area contributed by atoms with Gasteiger partial charge in [-0.25, -0.2) is 19.4 Å². The van der Waals surface area contributed by atoms with E-state index in [4.69, 9.17) is 19.2 Å². The zero-order valence-electron chi connectivity index (χ0n) is 25.9. The van der Waals surface area contributed by atoms with Crippen LogP contribution in [0.25, 0.3) is 0 Å². The molecule has 0 aliphatic rings. The Morgan fingerprint density at radius 1 is 0.523 bits per heavy atom. The summed E-state index contributed by atoms with van der Waals surface area (Å²) in [6, 6.07) is 11.5. The number of carbonyl (C=O) groups is 6. The molecule has 10 heteroatoms. The Morgan fingerprint density at radius 3 is 1.18 bits per heavy atom. The minimum absolute atomic E-state index is 0.0573. The summed E-state index contributed by atoms with van der Waals surface area (Å²) in [7, 11) is 0. The van der Waals surface area contributed by atoms with Crippen LogP contribution in [0.3, 0.4) is 0 Å². The van der Waals surface area contributed by atoms with Crippen molar-refractivity contribution < 1.29 is 48.0 Å². The quantitative estimate of drug-likeness (QED) is 0.0583. The Bertz CT molecular complexity index is 1200. The lowest BCUT2D eigenvalue weighted by Gasteiger charge is -2.18. The van der Waals surface area contributed by atoms with E-state index >= 15 is 0 Å². The molecule has 10 nitrogen and oxygen atoms in total. The minimum Gasteiger partial charge on any atom is -0.454 e. The number of benzene rings is 2. The SMILES string of the molecule is CCCCCCC(OC(C)=O)C(=O)c1ccccc1C(=O)OOC(=O)c1ccccc1C(=O)C(CCCCCC)OC(C)=O. The van der Waals surface area contributed by atoms with Gasteiger partial charge in [-0.15, -0.1) is 0 Å². The van der Waals surface area contributed by atoms with Crippen LogP contribution in [0, 0.1) is 0 Å². The molecular formula is C34H42O10. The zero-order chi connectivity index (χ0) is 32.5. The van der Waals surface area contributed by atoms with Crippen molar-refractivity contribution in [3.8, 4) is 0 Å². The Balaban J connectivity index is 2.20. The largest absolute Gasteiger partial charge is 0.454 e. The first-order valence-corrected chi connectivity index (χ1v) is 15.1. The highest BCUT2D eigenvalue weighted by Crippen LogP contribution is 2.21. The molecule has 0 heterocycles. The summed E-state index contributed by atoms with van der Waals surface area (Å²) in [6.45, 7) is 6.51. The number of Topliss-reactive ketones (excluding diaryl/α,β-unsaturated/α-hetero) is 2. The zero-order valence-corrected chi connectivity index (χ0v) is 25.9. The number of hydrogen-bond donors (Lipinski definition) is 0. The molecule has 0 amide bonds. The van der Waals surface area contributed by atoms with Gasteiger partial charge in [0.2, 0.25) is 11.6 Å². The monoisotopic (exact) mass is 610 g/mol. The predicted molar refractivity (Wildman–Crippen MR) is 161 cm³/mol. The molecule has 0 aliphatic heterocycles. The second-order valence-electron chi connectivity index (χ2n) is 10.5. The number of rotatable bonds is 18. The molecule has 0 saturated carbocycles. The fourth-order valence-corrected chi connectivity index (χ4v) is 4.67. The molecule has 0 aromatic heterocycles. The number of ketones is 2. The maximum absolute atomic E-state index is 13.3. The lowest BCUT2D eigenvalue weighted by atomic mass is 9.96. The molecule has 0 bridgehead atoms. The standard InChI is InChI=1S/C34H42O10/c1-5-7-9-11-21-29(41-23(3)35)31(37)25-17-13-15-19-27(25)33(39)43-44-34(40)28-20-16-14-18-26(28)32(38)30(42-24(4)36)22-12-10-8-6-2/h13-20,29-30H,5-12,21-22H2,1-4H3. The number of esters is 2. The topological polar surface area (TPSA) is 139 Å². The third kappa shape index (κ3) is 11.4. The fourth-order valence-electron chi connectivity index (χ4n) is 4.67. The smallest absolute Gasteiger partial charge is 0.387 e. The van der Waals surface area contributed by atoms with E-state index in [9.17, 15) is 28.8 Å². The second kappa shape index (κ2) is 19.0. The van der Waals surface area contributed by atoms with Crippen molar-refractivity contribution in [3.63, 3.8) is 0 Å². The first kappa shape index (κ1) is 35.9. The normalized spacial score (nSPS) is 12.0. The van der Waals surface area contributed by atoms with Gasteiger partial charge in [0.15, 0.2) is 12.2 Å². The first-order valence-electron chi connectivity index (χ1n) is 15.1. The van der Waals surface area contributed by atoms with Gasteiger partial charge in [-0.2, -0.15) is 0 Å². The van der Waals surface area contributed by atoms with E-state index in [1.165, 1.54) is 50.2 Å². The van der Waals surface area contributed by atoms with Gasteiger partial charge in [-0.1, -0.05) is 88.8 Å². The van der Waals surface area contributed by atoms with Crippen molar-refractivity contribution in [2.45, 2.75) is 104 Å². The molecule has 0 saturated heterocycles. The highest BCUT2D eigenvalue weighted by Gasteiger charge is 2.30. The summed E-state index contributed by atoms with van der Waals surface area (Å²) in [5.41, 5.74) is -0.499. The van der Waals surface area contributed by atoms with Crippen LogP contribution < -0.4 is 0 Å². The van der Waals surface area contributed by atoms with Crippen molar-refractivity contribution >= 4 is 35.4 Å². The van der Waals surface area contributed by atoms with Crippen LogP contribution in [0.2, 0.25) is 0 Å². The Morgan fingerprint density at radius 2 is 0.864 bits per heavy atom. The van der Waals surface area contributed by atoms with Crippen molar-refractivity contribution in [3.05, 3.63) is 70.8 Å². The molecule has 0 N–H and O–H groups in total. The number of carbonyl (C=O) groups excluding carboxylic acids is 6. The summed E-state index contributed by atoms with van der Waals surface area (Å²) in [6.07, 6.45) is 5.31. The number of unbranched alkanes of at least 4 members (excludes halogenated alkanes) is 6. The molecule has 2 rings (SSSR count). The van der Waals surface area contributed by atoms with Gasteiger partial charge >= 0.3 is 23.9 Å². The van der Waals surface area contributed by atoms with E-state index in [-0.39, 0.29) is 35.1 Å². The summed E-state index contributed by atoms with van der Waals surface area (Å²) >= 11 is 0. The molecule has 2 atom stereocenters. The van der Waals surface area contributed by atoms with Gasteiger partial charge in [0, 0.05) is 25.0 Å². The van der Waals surface area contributed by atoms with Crippen molar-refractivity contribution in [1.29, 1.82) is 0 Å². The minimum atomic E-state index is -1.13. The highest BCUT2D eigenvalue weighted by atomic mass is 17.2.